The number of halogens is 3. The first-order valence-electron chi connectivity index (χ1n) is 41.3. The van der Waals surface area contributed by atoms with E-state index < -0.39 is 83.8 Å². The molecule has 0 radical (unpaired) electrons. The van der Waals surface area contributed by atoms with E-state index in [1.165, 1.54) is 0 Å². The average molecular weight is 1790 g/mol. The molecule has 7 aliphatic heterocycles. The van der Waals surface area contributed by atoms with E-state index >= 15 is 0 Å². The highest BCUT2D eigenvalue weighted by Gasteiger charge is 2.39. The molecule has 7 heterocycles. The summed E-state index contributed by atoms with van der Waals surface area (Å²) in [4.78, 5) is 163. The predicted octanol–water partition coefficient (Wildman–Crippen LogP) is 11.0. The number of carboxylic acid groups (broad SMARTS) is 1. The first-order valence-corrected chi connectivity index (χ1v) is 41.3. The fourth-order valence-electron chi connectivity index (χ4n) is 12.0. The first-order chi connectivity index (χ1) is 58.9. The van der Waals surface area contributed by atoms with Crippen LogP contribution in [0.3, 0.4) is 0 Å². The van der Waals surface area contributed by atoms with Crippen molar-refractivity contribution < 1.29 is 142 Å². The molecule has 0 aliphatic carbocycles. The van der Waals surface area contributed by atoms with Crippen molar-refractivity contribution in [3.05, 3.63) is 135 Å². The zero-order chi connectivity index (χ0) is 97.0. The summed E-state index contributed by atoms with van der Waals surface area (Å²) in [6.07, 6.45) is -3.38. The number of nitrogens with zero attached hydrogens (tertiary/aromatic N) is 1. The third-order valence-electron chi connectivity index (χ3n) is 18.4. The number of hydrogen-bond acceptors (Lipinski definition) is 33. The van der Waals surface area contributed by atoms with Gasteiger partial charge >= 0.3 is 83.8 Å². The van der Waals surface area contributed by atoms with Crippen molar-refractivity contribution in [2.75, 3.05) is 92.9 Å². The largest absolute Gasteiger partial charge is 0.490 e. The molecule has 1 saturated heterocycles. The van der Waals surface area contributed by atoms with Crippen LogP contribution in [0.4, 0.5) is 13.2 Å². The summed E-state index contributed by atoms with van der Waals surface area (Å²) in [5, 5.41) is 28.4. The zero-order valence-electron chi connectivity index (χ0n) is 78.2. The van der Waals surface area contributed by atoms with Crippen LogP contribution in [0.25, 0.3) is 0 Å². The maximum atomic E-state index is 11.7. The number of ether oxygens (including phenoxy) is 12. The second kappa shape index (κ2) is 56.8. The number of likely N-dealkylation sites (N-methyl/N-ethyl adjacent to an activating group) is 1. The molecule has 0 unspecified atom stereocenters. The van der Waals surface area contributed by atoms with Crippen LogP contribution in [0.2, 0.25) is 0 Å². The van der Waals surface area contributed by atoms with Crippen molar-refractivity contribution in [3.63, 3.8) is 0 Å². The average Bonchev–Trinajstić information content (AvgIpc) is 1.23. The molecular weight excluding hydrogens is 1660 g/mol. The molecule has 0 spiro atoms. The Morgan fingerprint density at radius 2 is 0.397 bits per heavy atom. The minimum Gasteiger partial charge on any atom is -0.475 e. The van der Waals surface area contributed by atoms with Crippen molar-refractivity contribution in [2.24, 2.45) is 5.41 Å². The lowest BCUT2D eigenvalue weighted by Crippen LogP contribution is -2.44. The molecule has 38 heteroatoms. The van der Waals surface area contributed by atoms with Gasteiger partial charge in [0.2, 0.25) is 5.91 Å². The van der Waals surface area contributed by atoms with Gasteiger partial charge in [0.1, 0.15) is 0 Å². The Morgan fingerprint density at radius 3 is 0.460 bits per heavy atom. The number of aliphatic carboxylic acids is 1. The third-order valence-corrected chi connectivity index (χ3v) is 18.4. The van der Waals surface area contributed by atoms with Gasteiger partial charge in [0.15, 0.2) is 0 Å². The van der Waals surface area contributed by atoms with E-state index in [4.69, 9.17) is 66.7 Å². The van der Waals surface area contributed by atoms with E-state index in [2.05, 4.69) is 58.0 Å². The van der Waals surface area contributed by atoms with E-state index in [0.717, 1.165) is 68.4 Å². The molecule has 706 valence electrons. The lowest BCUT2D eigenvalue weighted by atomic mass is 9.92. The van der Waals surface area contributed by atoms with Gasteiger partial charge in [-0.3, -0.25) is 10.1 Å². The molecule has 7 aliphatic rings. The summed E-state index contributed by atoms with van der Waals surface area (Å²) in [5.74, 6) is -7.27. The number of amides is 1. The fourth-order valence-corrected chi connectivity index (χ4v) is 12.0. The van der Waals surface area contributed by atoms with Gasteiger partial charge in [-0.1, -0.05) is 20.8 Å². The summed E-state index contributed by atoms with van der Waals surface area (Å²) < 4.78 is 91.3. The molecular formula is C88H131F3N8O27. The Morgan fingerprint density at radius 1 is 0.286 bits per heavy atom. The van der Waals surface area contributed by atoms with Crippen LogP contribution in [0, 0.1) is 5.41 Å². The second-order valence-electron chi connectivity index (χ2n) is 28.7. The number of dihydropyridines is 6. The van der Waals surface area contributed by atoms with Crippen LogP contribution in [-0.4, -0.2) is 199 Å². The predicted molar refractivity (Wildman–Crippen MR) is 456 cm³/mol. The normalized spacial score (nSPS) is 16.1. The molecule has 0 bridgehead atoms. The summed E-state index contributed by atoms with van der Waals surface area (Å²) >= 11 is 0. The van der Waals surface area contributed by atoms with Gasteiger partial charge in [0.25, 0.3) is 0 Å². The Labute approximate surface area is 736 Å². The van der Waals surface area contributed by atoms with Crippen LogP contribution in [-0.2, 0) is 124 Å². The molecule has 0 aromatic heterocycles. The monoisotopic (exact) mass is 1790 g/mol. The lowest BCUT2D eigenvalue weighted by Gasteiger charge is -2.32. The van der Waals surface area contributed by atoms with E-state index in [1.54, 1.807) is 171 Å². The molecule has 35 nitrogen and oxygen atoms in total. The van der Waals surface area contributed by atoms with Gasteiger partial charge in [-0.05, 0) is 172 Å². The lowest BCUT2D eigenvalue weighted by molar-refractivity contribution is -0.192. The van der Waals surface area contributed by atoms with Crippen LogP contribution >= 0.6 is 0 Å². The topological polar surface area (TPSA) is 457 Å². The van der Waals surface area contributed by atoms with Crippen LogP contribution in [0.15, 0.2) is 135 Å². The Kier molecular flexibility index (Phi) is 51.4. The van der Waals surface area contributed by atoms with Crippen molar-refractivity contribution in [2.45, 2.75) is 238 Å². The molecule has 0 saturated carbocycles. The number of carbonyl (C=O) groups excluding carboxylic acids is 13. The highest BCUT2D eigenvalue weighted by atomic mass is 19.4. The molecule has 0 aromatic carbocycles. The Balaban J connectivity index is 0.00000143. The number of esters is 12. The number of alkyl halides is 3. The molecule has 0 aromatic rings. The molecule has 1 atom stereocenters. The van der Waals surface area contributed by atoms with Gasteiger partial charge in [0, 0.05) is 114 Å². The van der Waals surface area contributed by atoms with Crippen LogP contribution in [0.5, 0.6) is 0 Å². The van der Waals surface area contributed by atoms with Gasteiger partial charge < -0.3 is 98.7 Å². The molecule has 7 rings (SSSR count). The number of carboxylic acids is 1. The van der Waals surface area contributed by atoms with Gasteiger partial charge in [-0.2, -0.15) is 13.2 Å². The summed E-state index contributed by atoms with van der Waals surface area (Å²) in [6.45, 7) is 53.1. The fraction of sp³-hybridized carbons (Fsp3) is 0.568. The Hall–Kier alpha value is -12.0. The molecule has 1 amide bonds. The van der Waals surface area contributed by atoms with Crippen LogP contribution in [0.1, 0.15) is 225 Å². The molecule has 126 heavy (non-hydrogen) atoms. The van der Waals surface area contributed by atoms with Crippen LogP contribution < -0.4 is 37.2 Å². The minimum atomic E-state index is -5.08. The third kappa shape index (κ3) is 37.1. The first kappa shape index (κ1) is 114. The number of nitrogens with one attached hydrogen (secondary N) is 7. The zero-order valence-corrected chi connectivity index (χ0v) is 78.2. The Bertz CT molecular complexity index is 3530. The molecule has 1 fully saturated rings. The van der Waals surface area contributed by atoms with Gasteiger partial charge in [0.05, 0.1) is 159 Å². The minimum absolute atomic E-state index is 0.126. The number of carbonyl (C=O) groups is 14. The highest BCUT2D eigenvalue weighted by molar-refractivity contribution is 6.01. The SMILES string of the molecule is CCOC(=O)C1=C(C)NC(C)=C(C(=O)OCC)C1.CCOC(=O)C1=C(C)NC(C)=C(C(=O)OCC)C1.CCOC(=O)C1=C(C)NC(C)=C(C(=O)OCC)C1.CCOC(=O)C1=C(C)NC(C)=C(C(=O)OCC)C1.CCOC(=O)C1=C(C)NC(C)=C(C(=O)OCC)C1.CCOC(=O)C1=C(C)NC(C)=C(C(=O)OCC)C1.CN1C(=O)CN[C@@H]1C(C)(C)C.O=C(O)C(F)(F)F. The number of allylic oxidation sites excluding steroid dienone is 12. The van der Waals surface area contributed by atoms with E-state index in [-0.39, 0.29) is 56.0 Å². The van der Waals surface area contributed by atoms with E-state index in [1.807, 2.05) is 7.05 Å². The second-order valence-corrected chi connectivity index (χ2v) is 28.7. The van der Waals surface area contributed by atoms with Gasteiger partial charge in [-0.15, -0.1) is 0 Å². The van der Waals surface area contributed by atoms with E-state index in [9.17, 15) is 75.5 Å². The number of rotatable bonds is 24. The maximum Gasteiger partial charge on any atom is 0.490 e. The number of hydrogen-bond donors (Lipinski definition) is 8. The van der Waals surface area contributed by atoms with Crippen molar-refractivity contribution in [1.29, 1.82) is 0 Å². The van der Waals surface area contributed by atoms with Crippen molar-refractivity contribution >= 4 is 83.5 Å². The van der Waals surface area contributed by atoms with Crippen molar-refractivity contribution in [1.82, 2.24) is 42.1 Å². The highest BCUT2D eigenvalue weighted by Crippen LogP contribution is 2.32. The quantitative estimate of drug-likeness (QED) is 0.0329. The smallest absolute Gasteiger partial charge is 0.475 e. The molecule has 8 N–H and O–H groups in total. The van der Waals surface area contributed by atoms with Gasteiger partial charge in [-0.25, -0.2) is 62.3 Å². The maximum absolute atomic E-state index is 11.7. The van der Waals surface area contributed by atoms with Crippen molar-refractivity contribution in [3.8, 4) is 0 Å². The van der Waals surface area contributed by atoms with E-state index in [0.29, 0.717) is 153 Å². The summed E-state index contributed by atoms with van der Waals surface area (Å²) in [5.41, 5.74) is 14.5. The summed E-state index contributed by atoms with van der Waals surface area (Å²) in [6, 6.07) is 0. The standard InChI is InChI=1S/6C13H19NO4.C8H16N2O.C2HF3O2/c6*1-5-17-12(15)10-7-11(13(16)18-6-2)9(4)14-8(10)3;1-8(2,3)7-9-5-6(11)10(7)4;3-2(4,5)1(6)7/h6*14H,5-7H2,1-4H3;7,9H,5H2,1-4H3;(H,6,7)/t;;;;;;7-;/m......0./s1. The summed E-state index contributed by atoms with van der Waals surface area (Å²) in [7, 11) is 1.85.